The molecule has 0 aromatic heterocycles. The van der Waals surface area contributed by atoms with Gasteiger partial charge in [-0.1, -0.05) is 30.3 Å². The molecule has 0 saturated carbocycles. The summed E-state index contributed by atoms with van der Waals surface area (Å²) in [7, 11) is 2.17. The molecule has 3 nitrogen and oxygen atoms in total. The standard InChI is InChI=1S/C14H25N3/c1-13(11-15)16-9-6-10-17(2)12-14-7-4-3-5-8-14/h3-5,7-8,13,16H,6,9-12,15H2,1-2H3. The molecule has 1 rings (SSSR count). The number of nitrogens with two attached hydrogens (primary N) is 1. The van der Waals surface area contributed by atoms with Crippen molar-refractivity contribution in [3.05, 3.63) is 35.9 Å². The first-order valence-electron chi connectivity index (χ1n) is 6.38. The molecule has 0 spiro atoms. The molecule has 3 N–H and O–H groups in total. The number of hydrogen-bond acceptors (Lipinski definition) is 3. The van der Waals surface area contributed by atoms with Crippen LogP contribution in [0.3, 0.4) is 0 Å². The Morgan fingerprint density at radius 2 is 2.00 bits per heavy atom. The minimum absolute atomic E-state index is 0.425. The van der Waals surface area contributed by atoms with Gasteiger partial charge in [0.1, 0.15) is 0 Å². The van der Waals surface area contributed by atoms with Crippen LogP contribution in [0.25, 0.3) is 0 Å². The van der Waals surface area contributed by atoms with Gasteiger partial charge in [0.15, 0.2) is 0 Å². The Balaban J connectivity index is 2.11. The molecule has 0 saturated heterocycles. The van der Waals surface area contributed by atoms with Gasteiger partial charge in [0.2, 0.25) is 0 Å². The van der Waals surface area contributed by atoms with E-state index in [0.717, 1.165) is 26.1 Å². The van der Waals surface area contributed by atoms with E-state index in [1.54, 1.807) is 0 Å². The van der Waals surface area contributed by atoms with Crippen molar-refractivity contribution in [2.75, 3.05) is 26.7 Å². The monoisotopic (exact) mass is 235 g/mol. The van der Waals surface area contributed by atoms with Gasteiger partial charge in [-0.25, -0.2) is 0 Å². The lowest BCUT2D eigenvalue weighted by Gasteiger charge is -2.17. The Kier molecular flexibility index (Phi) is 6.86. The van der Waals surface area contributed by atoms with Crippen molar-refractivity contribution in [2.24, 2.45) is 5.73 Å². The average Bonchev–Trinajstić information content (AvgIpc) is 2.35. The fraction of sp³-hybridized carbons (Fsp3) is 0.571. The lowest BCUT2D eigenvalue weighted by molar-refractivity contribution is 0.317. The van der Waals surface area contributed by atoms with Crippen molar-refractivity contribution in [2.45, 2.75) is 25.9 Å². The second-order valence-corrected chi connectivity index (χ2v) is 4.67. The molecule has 96 valence electrons. The lowest BCUT2D eigenvalue weighted by atomic mass is 10.2. The molecule has 0 fully saturated rings. The van der Waals surface area contributed by atoms with Gasteiger partial charge in [0.05, 0.1) is 0 Å². The highest BCUT2D eigenvalue weighted by Crippen LogP contribution is 2.02. The van der Waals surface area contributed by atoms with Crippen LogP contribution >= 0.6 is 0 Å². The summed E-state index contributed by atoms with van der Waals surface area (Å²) < 4.78 is 0. The number of hydrogen-bond donors (Lipinski definition) is 2. The Morgan fingerprint density at radius 3 is 2.65 bits per heavy atom. The van der Waals surface area contributed by atoms with Crippen LogP contribution in [-0.4, -0.2) is 37.6 Å². The third-order valence-corrected chi connectivity index (χ3v) is 2.86. The van der Waals surface area contributed by atoms with Gasteiger partial charge in [0.25, 0.3) is 0 Å². The molecule has 0 aliphatic rings. The van der Waals surface area contributed by atoms with E-state index in [4.69, 9.17) is 5.73 Å². The van der Waals surface area contributed by atoms with Gasteiger partial charge < -0.3 is 16.0 Å². The van der Waals surface area contributed by atoms with Gasteiger partial charge in [-0.05, 0) is 39.0 Å². The van der Waals surface area contributed by atoms with E-state index in [1.807, 2.05) is 0 Å². The third-order valence-electron chi connectivity index (χ3n) is 2.86. The molecule has 17 heavy (non-hydrogen) atoms. The van der Waals surface area contributed by atoms with E-state index in [2.05, 4.69) is 54.5 Å². The van der Waals surface area contributed by atoms with E-state index in [-0.39, 0.29) is 0 Å². The zero-order valence-electron chi connectivity index (χ0n) is 11.0. The minimum atomic E-state index is 0.425. The van der Waals surface area contributed by atoms with Crippen molar-refractivity contribution < 1.29 is 0 Å². The first-order chi connectivity index (χ1) is 8.22. The van der Waals surface area contributed by atoms with Gasteiger partial charge in [-0.3, -0.25) is 0 Å². The average molecular weight is 235 g/mol. The molecular formula is C14H25N3. The van der Waals surface area contributed by atoms with E-state index >= 15 is 0 Å². The lowest BCUT2D eigenvalue weighted by Crippen LogP contribution is -2.35. The molecule has 1 atom stereocenters. The zero-order chi connectivity index (χ0) is 12.5. The third kappa shape index (κ3) is 6.41. The molecule has 1 unspecified atom stereocenters. The van der Waals surface area contributed by atoms with Crippen LogP contribution in [-0.2, 0) is 6.54 Å². The van der Waals surface area contributed by atoms with Crippen molar-refractivity contribution >= 4 is 0 Å². The summed E-state index contributed by atoms with van der Waals surface area (Å²) in [5.74, 6) is 0. The smallest absolute Gasteiger partial charge is 0.0230 e. The molecular weight excluding hydrogens is 210 g/mol. The maximum atomic E-state index is 5.54. The van der Waals surface area contributed by atoms with Crippen LogP contribution in [0.4, 0.5) is 0 Å². The molecule has 0 aliphatic heterocycles. The molecule has 0 bridgehead atoms. The normalized spacial score (nSPS) is 12.9. The Bertz CT molecular complexity index is 287. The Labute approximate surface area is 105 Å². The number of benzene rings is 1. The first kappa shape index (κ1) is 14.2. The molecule has 0 amide bonds. The fourth-order valence-electron chi connectivity index (χ4n) is 1.75. The van der Waals surface area contributed by atoms with Crippen LogP contribution in [0.5, 0.6) is 0 Å². The second-order valence-electron chi connectivity index (χ2n) is 4.67. The maximum absolute atomic E-state index is 5.54. The number of rotatable bonds is 8. The second kappa shape index (κ2) is 8.23. The SMILES string of the molecule is CC(CN)NCCCN(C)Cc1ccccc1. The highest BCUT2D eigenvalue weighted by molar-refractivity contribution is 5.14. The number of nitrogens with zero attached hydrogens (tertiary/aromatic N) is 1. The summed E-state index contributed by atoms with van der Waals surface area (Å²) in [5, 5.41) is 3.40. The van der Waals surface area contributed by atoms with Crippen molar-refractivity contribution in [1.82, 2.24) is 10.2 Å². The highest BCUT2D eigenvalue weighted by atomic mass is 15.1. The zero-order valence-corrected chi connectivity index (χ0v) is 11.0. The molecule has 0 radical (unpaired) electrons. The van der Waals surface area contributed by atoms with Gasteiger partial charge in [-0.15, -0.1) is 0 Å². The molecule has 0 aliphatic carbocycles. The predicted molar refractivity (Wildman–Crippen MR) is 73.9 cm³/mol. The topological polar surface area (TPSA) is 41.3 Å². The Hall–Kier alpha value is -0.900. The van der Waals surface area contributed by atoms with Crippen LogP contribution in [0.15, 0.2) is 30.3 Å². The molecule has 3 heteroatoms. The molecule has 0 heterocycles. The van der Waals surface area contributed by atoms with E-state index in [0.29, 0.717) is 12.6 Å². The summed E-state index contributed by atoms with van der Waals surface area (Å²) >= 11 is 0. The molecule has 1 aromatic rings. The van der Waals surface area contributed by atoms with Crippen molar-refractivity contribution in [1.29, 1.82) is 0 Å². The van der Waals surface area contributed by atoms with Crippen LogP contribution in [0, 0.1) is 0 Å². The van der Waals surface area contributed by atoms with Crippen molar-refractivity contribution in [3.63, 3.8) is 0 Å². The summed E-state index contributed by atoms with van der Waals surface area (Å²) in [6.07, 6.45) is 1.16. The molecule has 1 aromatic carbocycles. The van der Waals surface area contributed by atoms with Crippen molar-refractivity contribution in [3.8, 4) is 0 Å². The van der Waals surface area contributed by atoms with Gasteiger partial charge >= 0.3 is 0 Å². The van der Waals surface area contributed by atoms with Gasteiger partial charge in [-0.2, -0.15) is 0 Å². The highest BCUT2D eigenvalue weighted by Gasteiger charge is 2.00. The Morgan fingerprint density at radius 1 is 1.29 bits per heavy atom. The summed E-state index contributed by atoms with van der Waals surface area (Å²) in [6, 6.07) is 11.0. The van der Waals surface area contributed by atoms with Crippen LogP contribution in [0.2, 0.25) is 0 Å². The number of nitrogens with one attached hydrogen (secondary N) is 1. The van der Waals surface area contributed by atoms with E-state index in [1.165, 1.54) is 5.56 Å². The van der Waals surface area contributed by atoms with Gasteiger partial charge in [0, 0.05) is 19.1 Å². The largest absolute Gasteiger partial charge is 0.329 e. The maximum Gasteiger partial charge on any atom is 0.0230 e. The van der Waals surface area contributed by atoms with Crippen LogP contribution < -0.4 is 11.1 Å². The first-order valence-corrected chi connectivity index (χ1v) is 6.38. The summed E-state index contributed by atoms with van der Waals surface area (Å²) in [6.45, 7) is 6.00. The van der Waals surface area contributed by atoms with Crippen LogP contribution in [0.1, 0.15) is 18.9 Å². The van der Waals surface area contributed by atoms with E-state index in [9.17, 15) is 0 Å². The summed E-state index contributed by atoms with van der Waals surface area (Å²) in [4.78, 5) is 2.35. The van der Waals surface area contributed by atoms with E-state index < -0.39 is 0 Å². The fourth-order valence-corrected chi connectivity index (χ4v) is 1.75. The minimum Gasteiger partial charge on any atom is -0.329 e. The predicted octanol–water partition coefficient (Wildman–Crippen LogP) is 1.45. The quantitative estimate of drug-likeness (QED) is 0.670. The summed E-state index contributed by atoms with van der Waals surface area (Å²) in [5.41, 5.74) is 6.92.